The minimum atomic E-state index is -0.463. The summed E-state index contributed by atoms with van der Waals surface area (Å²) in [6.45, 7) is 9.02. The second-order valence-electron chi connectivity index (χ2n) is 6.54. The highest BCUT2D eigenvalue weighted by atomic mass is 16.6. The molecule has 2 aliphatic rings. The molecule has 0 radical (unpaired) electrons. The molecule has 6 heteroatoms. The fourth-order valence-electron chi connectivity index (χ4n) is 2.72. The summed E-state index contributed by atoms with van der Waals surface area (Å²) in [5, 5.41) is 2.83. The monoisotopic (exact) mass is 283 g/mol. The molecule has 0 bridgehead atoms. The first-order chi connectivity index (χ1) is 9.35. The van der Waals surface area contributed by atoms with E-state index in [9.17, 15) is 9.59 Å². The van der Waals surface area contributed by atoms with E-state index in [1.165, 1.54) is 0 Å². The largest absolute Gasteiger partial charge is 0.444 e. The van der Waals surface area contributed by atoms with Crippen molar-refractivity contribution in [3.8, 4) is 0 Å². The van der Waals surface area contributed by atoms with Crippen LogP contribution in [0.5, 0.6) is 0 Å². The summed E-state index contributed by atoms with van der Waals surface area (Å²) in [5.41, 5.74) is -0.463. The standard InChI is InChI=1S/C14H25N3O3/c1-14(2,3)20-13(19)17-7-4-5-11(9-17)16-8-6-15-12(18)10-16/h11H,4-10H2,1-3H3,(H,15,18). The lowest BCUT2D eigenvalue weighted by molar-refractivity contribution is -0.125. The predicted molar refractivity (Wildman–Crippen MR) is 75.4 cm³/mol. The number of amides is 2. The number of hydrogen-bond acceptors (Lipinski definition) is 4. The molecule has 1 unspecified atom stereocenters. The molecule has 2 rings (SSSR count). The van der Waals surface area contributed by atoms with Crippen LogP contribution < -0.4 is 5.32 Å². The van der Waals surface area contributed by atoms with Gasteiger partial charge in [0, 0.05) is 32.2 Å². The minimum Gasteiger partial charge on any atom is -0.444 e. The number of ether oxygens (including phenoxy) is 1. The van der Waals surface area contributed by atoms with E-state index >= 15 is 0 Å². The zero-order valence-electron chi connectivity index (χ0n) is 12.6. The highest BCUT2D eigenvalue weighted by Crippen LogP contribution is 2.19. The van der Waals surface area contributed by atoms with E-state index in [4.69, 9.17) is 4.74 Å². The number of rotatable bonds is 1. The van der Waals surface area contributed by atoms with E-state index in [0.717, 1.165) is 25.9 Å². The van der Waals surface area contributed by atoms with Gasteiger partial charge in [0.25, 0.3) is 0 Å². The number of carbonyl (C=O) groups excluding carboxylic acids is 2. The Labute approximate surface area is 120 Å². The molecule has 114 valence electrons. The Bertz CT molecular complexity index is 378. The van der Waals surface area contributed by atoms with Crippen LogP contribution in [0, 0.1) is 0 Å². The van der Waals surface area contributed by atoms with Crippen LogP contribution in [0.25, 0.3) is 0 Å². The molecular weight excluding hydrogens is 258 g/mol. The molecule has 0 spiro atoms. The number of carbonyl (C=O) groups is 2. The van der Waals surface area contributed by atoms with Crippen LogP contribution in [-0.4, -0.2) is 66.2 Å². The highest BCUT2D eigenvalue weighted by molar-refractivity contribution is 5.78. The minimum absolute atomic E-state index is 0.0747. The number of piperazine rings is 1. The molecule has 0 aliphatic carbocycles. The van der Waals surface area contributed by atoms with E-state index in [-0.39, 0.29) is 18.0 Å². The fourth-order valence-corrected chi connectivity index (χ4v) is 2.72. The summed E-state index contributed by atoms with van der Waals surface area (Å²) in [7, 11) is 0. The first-order valence-electron chi connectivity index (χ1n) is 7.34. The van der Waals surface area contributed by atoms with Gasteiger partial charge >= 0.3 is 6.09 Å². The fraction of sp³-hybridized carbons (Fsp3) is 0.857. The Morgan fingerprint density at radius 3 is 2.75 bits per heavy atom. The lowest BCUT2D eigenvalue weighted by Crippen LogP contribution is -2.57. The zero-order chi connectivity index (χ0) is 14.8. The number of piperidine rings is 1. The first-order valence-corrected chi connectivity index (χ1v) is 7.34. The third kappa shape index (κ3) is 4.10. The average Bonchev–Trinajstić information content (AvgIpc) is 2.37. The van der Waals surface area contributed by atoms with E-state index < -0.39 is 5.60 Å². The van der Waals surface area contributed by atoms with Crippen molar-refractivity contribution in [2.75, 3.05) is 32.7 Å². The van der Waals surface area contributed by atoms with Crippen LogP contribution in [0.4, 0.5) is 4.79 Å². The van der Waals surface area contributed by atoms with E-state index in [0.29, 0.717) is 19.6 Å². The molecule has 2 aliphatic heterocycles. The van der Waals surface area contributed by atoms with Crippen LogP contribution in [0.2, 0.25) is 0 Å². The third-order valence-corrected chi connectivity index (χ3v) is 3.63. The van der Waals surface area contributed by atoms with Gasteiger partial charge in [0.05, 0.1) is 6.54 Å². The Morgan fingerprint density at radius 1 is 1.35 bits per heavy atom. The lowest BCUT2D eigenvalue weighted by atomic mass is 10.0. The van der Waals surface area contributed by atoms with Gasteiger partial charge in [-0.15, -0.1) is 0 Å². The van der Waals surface area contributed by atoms with Crippen molar-refractivity contribution < 1.29 is 14.3 Å². The van der Waals surface area contributed by atoms with Crippen LogP contribution in [0.1, 0.15) is 33.6 Å². The van der Waals surface area contributed by atoms with Crippen molar-refractivity contribution in [3.05, 3.63) is 0 Å². The highest BCUT2D eigenvalue weighted by Gasteiger charge is 2.32. The molecule has 2 heterocycles. The summed E-state index contributed by atoms with van der Waals surface area (Å²) in [6.07, 6.45) is 1.75. The molecule has 0 aromatic heterocycles. The first kappa shape index (κ1) is 15.1. The molecule has 0 aromatic carbocycles. The van der Waals surface area contributed by atoms with Gasteiger partial charge in [-0.05, 0) is 33.6 Å². The molecule has 0 saturated carbocycles. The van der Waals surface area contributed by atoms with Gasteiger partial charge in [0.1, 0.15) is 5.60 Å². The van der Waals surface area contributed by atoms with Gasteiger partial charge in [-0.25, -0.2) is 4.79 Å². The van der Waals surface area contributed by atoms with Crippen molar-refractivity contribution >= 4 is 12.0 Å². The summed E-state index contributed by atoms with van der Waals surface area (Å²) >= 11 is 0. The Morgan fingerprint density at radius 2 is 2.10 bits per heavy atom. The summed E-state index contributed by atoms with van der Waals surface area (Å²) in [4.78, 5) is 27.5. The zero-order valence-corrected chi connectivity index (χ0v) is 12.6. The Kier molecular flexibility index (Phi) is 4.52. The molecule has 1 atom stereocenters. The van der Waals surface area contributed by atoms with Crippen molar-refractivity contribution in [2.24, 2.45) is 0 Å². The SMILES string of the molecule is CC(C)(C)OC(=O)N1CCCC(N2CCNC(=O)C2)C1. The van der Waals surface area contributed by atoms with Gasteiger partial charge < -0.3 is 15.0 Å². The van der Waals surface area contributed by atoms with Gasteiger partial charge in [0.2, 0.25) is 5.91 Å². The molecule has 6 nitrogen and oxygen atoms in total. The second kappa shape index (κ2) is 5.99. The topological polar surface area (TPSA) is 61.9 Å². The number of likely N-dealkylation sites (tertiary alicyclic amines) is 1. The summed E-state index contributed by atoms with van der Waals surface area (Å²) < 4.78 is 5.42. The number of hydrogen-bond donors (Lipinski definition) is 1. The second-order valence-corrected chi connectivity index (χ2v) is 6.54. The van der Waals surface area contributed by atoms with Crippen molar-refractivity contribution in [2.45, 2.75) is 45.3 Å². The third-order valence-electron chi connectivity index (χ3n) is 3.63. The maximum absolute atomic E-state index is 12.1. The van der Waals surface area contributed by atoms with Crippen molar-refractivity contribution in [1.29, 1.82) is 0 Å². The number of nitrogens with one attached hydrogen (secondary N) is 1. The summed E-state index contributed by atoms with van der Waals surface area (Å²) in [5.74, 6) is 0.0747. The molecule has 2 saturated heterocycles. The molecular formula is C14H25N3O3. The van der Waals surface area contributed by atoms with Crippen molar-refractivity contribution in [3.63, 3.8) is 0 Å². The quantitative estimate of drug-likeness (QED) is 0.774. The maximum Gasteiger partial charge on any atom is 0.410 e. The average molecular weight is 283 g/mol. The van der Waals surface area contributed by atoms with E-state index in [1.54, 1.807) is 4.90 Å². The molecule has 2 fully saturated rings. The molecule has 2 amide bonds. The number of nitrogens with zero attached hydrogens (tertiary/aromatic N) is 2. The normalized spacial score (nSPS) is 25.2. The maximum atomic E-state index is 12.1. The molecule has 20 heavy (non-hydrogen) atoms. The Hall–Kier alpha value is -1.30. The van der Waals surface area contributed by atoms with Gasteiger partial charge in [0.15, 0.2) is 0 Å². The van der Waals surface area contributed by atoms with E-state index in [2.05, 4.69) is 10.2 Å². The smallest absolute Gasteiger partial charge is 0.410 e. The van der Waals surface area contributed by atoms with Crippen LogP contribution >= 0.6 is 0 Å². The van der Waals surface area contributed by atoms with Crippen LogP contribution in [0.15, 0.2) is 0 Å². The van der Waals surface area contributed by atoms with Crippen molar-refractivity contribution in [1.82, 2.24) is 15.1 Å². The molecule has 0 aromatic rings. The molecule has 1 N–H and O–H groups in total. The van der Waals surface area contributed by atoms with Gasteiger partial charge in [-0.3, -0.25) is 9.69 Å². The van der Waals surface area contributed by atoms with Crippen LogP contribution in [0.3, 0.4) is 0 Å². The predicted octanol–water partition coefficient (Wildman–Crippen LogP) is 0.818. The summed E-state index contributed by atoms with van der Waals surface area (Å²) in [6, 6.07) is 0.266. The van der Waals surface area contributed by atoms with Gasteiger partial charge in [-0.2, -0.15) is 0 Å². The van der Waals surface area contributed by atoms with E-state index in [1.807, 2.05) is 20.8 Å². The lowest BCUT2D eigenvalue weighted by Gasteiger charge is -2.40. The van der Waals surface area contributed by atoms with Gasteiger partial charge in [-0.1, -0.05) is 0 Å². The van der Waals surface area contributed by atoms with Crippen LogP contribution in [-0.2, 0) is 9.53 Å². The Balaban J connectivity index is 1.91.